The number of rotatable bonds is 3. The van der Waals surface area contributed by atoms with E-state index in [0.29, 0.717) is 5.57 Å². The van der Waals surface area contributed by atoms with Crippen molar-refractivity contribution in [3.05, 3.63) is 66.7 Å². The predicted octanol–water partition coefficient (Wildman–Crippen LogP) is 5.03. The molecular formula is C17H18O2S2. The second kappa shape index (κ2) is 9.32. The van der Waals surface area contributed by atoms with Gasteiger partial charge in [-0.3, -0.25) is 0 Å². The van der Waals surface area contributed by atoms with Crippen molar-refractivity contribution in [3.8, 4) is 11.1 Å². The molecule has 21 heavy (non-hydrogen) atoms. The summed E-state index contributed by atoms with van der Waals surface area (Å²) in [4.78, 5) is 11.4. The predicted molar refractivity (Wildman–Crippen MR) is 93.6 cm³/mol. The number of benzene rings is 2. The lowest BCUT2D eigenvalue weighted by atomic mass is 10.1. The number of hydrogen-bond donors (Lipinski definition) is 1. The molecule has 0 aliphatic heterocycles. The van der Waals surface area contributed by atoms with Gasteiger partial charge in [-0.05, 0) is 30.2 Å². The normalized spacial score (nSPS) is 9.29. The summed E-state index contributed by atoms with van der Waals surface area (Å²) >= 11 is 4.19. The highest BCUT2D eigenvalue weighted by Crippen LogP contribution is 2.26. The molecule has 110 valence electrons. The molecule has 0 aliphatic carbocycles. The van der Waals surface area contributed by atoms with E-state index in [1.54, 1.807) is 6.92 Å². The molecule has 0 bridgehead atoms. The van der Waals surface area contributed by atoms with E-state index in [0.717, 1.165) is 0 Å². The van der Waals surface area contributed by atoms with Crippen molar-refractivity contribution in [2.75, 3.05) is 7.11 Å². The summed E-state index contributed by atoms with van der Waals surface area (Å²) in [5, 5.41) is 0. The van der Waals surface area contributed by atoms with Crippen LogP contribution in [0.3, 0.4) is 0 Å². The van der Waals surface area contributed by atoms with E-state index < -0.39 is 0 Å². The number of carbonyl (C=O) groups is 1. The van der Waals surface area contributed by atoms with Gasteiger partial charge in [-0.15, -0.1) is 11.7 Å². The fourth-order valence-corrected chi connectivity index (χ4v) is 2.20. The molecule has 0 radical (unpaired) electrons. The van der Waals surface area contributed by atoms with Crippen molar-refractivity contribution in [2.24, 2.45) is 0 Å². The molecule has 2 aromatic carbocycles. The van der Waals surface area contributed by atoms with Gasteiger partial charge in [-0.1, -0.05) is 59.8 Å². The van der Waals surface area contributed by atoms with Crippen molar-refractivity contribution in [2.45, 2.75) is 11.8 Å². The molecule has 2 aromatic rings. The van der Waals surface area contributed by atoms with Gasteiger partial charge >= 0.3 is 5.97 Å². The maximum atomic E-state index is 10.2. The van der Waals surface area contributed by atoms with E-state index >= 15 is 0 Å². The minimum atomic E-state index is -0.347. The molecule has 2 nitrogen and oxygen atoms in total. The van der Waals surface area contributed by atoms with Crippen LogP contribution < -0.4 is 0 Å². The highest BCUT2D eigenvalue weighted by molar-refractivity contribution is 8.68. The lowest BCUT2D eigenvalue weighted by molar-refractivity contribution is -0.136. The molecule has 0 heterocycles. The number of carbonyl (C=O) groups excluding carboxylic acids is 1. The molecule has 0 saturated carbocycles. The third-order valence-electron chi connectivity index (χ3n) is 2.58. The number of ether oxygens (including phenoxy) is 1. The first kappa shape index (κ1) is 17.4. The second-order valence-corrected chi connectivity index (χ2v) is 5.46. The highest BCUT2D eigenvalue weighted by Gasteiger charge is 1.97. The Hall–Kier alpha value is -1.65. The first-order valence-corrected chi connectivity index (χ1v) is 8.16. The van der Waals surface area contributed by atoms with Crippen molar-refractivity contribution < 1.29 is 9.53 Å². The van der Waals surface area contributed by atoms with Crippen LogP contribution in [0.5, 0.6) is 0 Å². The summed E-state index contributed by atoms with van der Waals surface area (Å²) in [6.45, 7) is 4.95. The van der Waals surface area contributed by atoms with Crippen LogP contribution in [0.1, 0.15) is 6.92 Å². The molecule has 0 unspecified atom stereocenters. The zero-order valence-corrected chi connectivity index (χ0v) is 13.8. The van der Waals surface area contributed by atoms with Gasteiger partial charge in [0, 0.05) is 10.5 Å². The Morgan fingerprint density at radius 3 is 2.19 bits per heavy atom. The van der Waals surface area contributed by atoms with Crippen LogP contribution in [0.15, 0.2) is 71.6 Å². The molecule has 0 fully saturated rings. The van der Waals surface area contributed by atoms with Crippen molar-refractivity contribution in [1.29, 1.82) is 0 Å². The van der Waals surface area contributed by atoms with Crippen LogP contribution in [-0.4, -0.2) is 13.1 Å². The number of methoxy groups -OCH3 is 1. The summed E-state index contributed by atoms with van der Waals surface area (Å²) in [6, 6.07) is 18.7. The molecule has 0 amide bonds. The first-order valence-electron chi connectivity index (χ1n) is 6.29. The van der Waals surface area contributed by atoms with E-state index in [2.05, 4.69) is 71.5 Å². The molecule has 0 atom stereocenters. The largest absolute Gasteiger partial charge is 0.466 e. The quantitative estimate of drug-likeness (QED) is 0.372. The summed E-state index contributed by atoms with van der Waals surface area (Å²) in [5.41, 5.74) is 2.92. The third kappa shape index (κ3) is 6.10. The fraction of sp³-hybridized carbons (Fsp3) is 0.118. The van der Waals surface area contributed by atoms with Crippen LogP contribution in [0.4, 0.5) is 0 Å². The Labute approximate surface area is 135 Å². The zero-order chi connectivity index (χ0) is 15.7. The standard InChI is InChI=1S/C12H10S2.C5H8O2/c13-14-12-8-4-7-11(9-12)10-5-2-1-3-6-10;1-4(2)5(6)7-3/h1-9,13H;1H2,2-3H3. The maximum absolute atomic E-state index is 10.2. The molecule has 0 saturated heterocycles. The van der Waals surface area contributed by atoms with Gasteiger partial charge in [-0.2, -0.15) is 0 Å². The van der Waals surface area contributed by atoms with E-state index in [1.807, 2.05) is 6.07 Å². The average molecular weight is 318 g/mol. The SMILES string of the molecule is C=C(C)C(=O)OC.SSc1cccc(-c2ccccc2)c1. The molecular weight excluding hydrogens is 300 g/mol. The Morgan fingerprint density at radius 2 is 1.71 bits per heavy atom. The Morgan fingerprint density at radius 1 is 1.10 bits per heavy atom. The van der Waals surface area contributed by atoms with Gasteiger partial charge in [0.1, 0.15) is 0 Å². The molecule has 0 aromatic heterocycles. The number of esters is 1. The van der Waals surface area contributed by atoms with Crippen LogP contribution in [0.25, 0.3) is 11.1 Å². The minimum Gasteiger partial charge on any atom is -0.466 e. The van der Waals surface area contributed by atoms with Crippen LogP contribution >= 0.6 is 22.5 Å². The summed E-state index contributed by atoms with van der Waals surface area (Å²) in [5.74, 6) is -0.347. The van der Waals surface area contributed by atoms with E-state index in [4.69, 9.17) is 0 Å². The monoisotopic (exact) mass is 318 g/mol. The number of thiol groups is 1. The average Bonchev–Trinajstić information content (AvgIpc) is 2.55. The smallest absolute Gasteiger partial charge is 0.332 e. The molecule has 0 spiro atoms. The zero-order valence-electron chi connectivity index (χ0n) is 12.1. The van der Waals surface area contributed by atoms with Gasteiger partial charge in [0.05, 0.1) is 7.11 Å². The molecule has 2 rings (SSSR count). The van der Waals surface area contributed by atoms with Crippen molar-refractivity contribution in [3.63, 3.8) is 0 Å². The van der Waals surface area contributed by atoms with Crippen LogP contribution in [0.2, 0.25) is 0 Å². The fourth-order valence-electron chi connectivity index (χ4n) is 1.54. The van der Waals surface area contributed by atoms with Gasteiger partial charge < -0.3 is 4.74 Å². The minimum absolute atomic E-state index is 0.347. The molecule has 0 N–H and O–H groups in total. The van der Waals surface area contributed by atoms with E-state index in [9.17, 15) is 4.79 Å². The summed E-state index contributed by atoms with van der Waals surface area (Å²) in [6.07, 6.45) is 0. The Bertz CT molecular complexity index is 595. The van der Waals surface area contributed by atoms with Gasteiger partial charge in [0.2, 0.25) is 0 Å². The maximum Gasteiger partial charge on any atom is 0.332 e. The first-order chi connectivity index (χ1) is 10.1. The van der Waals surface area contributed by atoms with Gasteiger partial charge in [-0.25, -0.2) is 4.79 Å². The van der Waals surface area contributed by atoms with Gasteiger partial charge in [0.25, 0.3) is 0 Å². The van der Waals surface area contributed by atoms with Gasteiger partial charge in [0.15, 0.2) is 0 Å². The molecule has 4 heteroatoms. The highest BCUT2D eigenvalue weighted by atomic mass is 33.1. The van der Waals surface area contributed by atoms with Crippen molar-refractivity contribution >= 4 is 28.4 Å². The van der Waals surface area contributed by atoms with Crippen LogP contribution in [0, 0.1) is 0 Å². The Kier molecular flexibility index (Phi) is 7.72. The number of hydrogen-bond acceptors (Lipinski definition) is 4. The van der Waals surface area contributed by atoms with Crippen molar-refractivity contribution in [1.82, 2.24) is 0 Å². The lowest BCUT2D eigenvalue weighted by Gasteiger charge is -2.02. The Balaban J connectivity index is 0.000000270. The summed E-state index contributed by atoms with van der Waals surface area (Å²) < 4.78 is 4.27. The third-order valence-corrected chi connectivity index (χ3v) is 3.68. The van der Waals surface area contributed by atoms with Crippen LogP contribution in [-0.2, 0) is 9.53 Å². The van der Waals surface area contributed by atoms with E-state index in [1.165, 1.54) is 33.9 Å². The summed E-state index contributed by atoms with van der Waals surface area (Å²) in [7, 11) is 2.80. The molecule has 0 aliphatic rings. The second-order valence-electron chi connectivity index (χ2n) is 4.26. The topological polar surface area (TPSA) is 26.3 Å². The van der Waals surface area contributed by atoms with E-state index in [-0.39, 0.29) is 5.97 Å². The lowest BCUT2D eigenvalue weighted by Crippen LogP contribution is -1.98.